The van der Waals surface area contributed by atoms with Crippen LogP contribution in [0.5, 0.6) is 0 Å². The molecule has 16 heavy (non-hydrogen) atoms. The fraction of sp³-hybridized carbons (Fsp3) is 0.400. The Morgan fingerprint density at radius 3 is 3.06 bits per heavy atom. The average Bonchev–Trinajstić information content (AvgIpc) is 2.29. The van der Waals surface area contributed by atoms with Gasteiger partial charge in [-0.1, -0.05) is 17.5 Å². The maximum atomic E-state index is 5.91. The van der Waals surface area contributed by atoms with Crippen molar-refractivity contribution in [2.75, 3.05) is 35.7 Å². The quantitative estimate of drug-likeness (QED) is 0.463. The van der Waals surface area contributed by atoms with E-state index in [9.17, 15) is 0 Å². The Morgan fingerprint density at radius 1 is 1.56 bits per heavy atom. The number of halogens is 1. The highest BCUT2D eigenvalue weighted by molar-refractivity contribution is 7.99. The van der Waals surface area contributed by atoms with Gasteiger partial charge in [0.25, 0.3) is 0 Å². The van der Waals surface area contributed by atoms with E-state index in [1.54, 1.807) is 18.8 Å². The molecule has 0 amide bonds. The third-order valence-electron chi connectivity index (χ3n) is 1.78. The summed E-state index contributed by atoms with van der Waals surface area (Å²) < 4.78 is 0. The number of nitrogens with zero attached hydrogens (tertiary/aromatic N) is 2. The molecule has 86 valence electrons. The van der Waals surface area contributed by atoms with Crippen LogP contribution < -0.4 is 10.6 Å². The molecule has 1 heterocycles. The molecule has 1 rings (SSSR count). The zero-order chi connectivity index (χ0) is 11.8. The van der Waals surface area contributed by atoms with Crippen molar-refractivity contribution >= 4 is 34.9 Å². The van der Waals surface area contributed by atoms with E-state index in [1.165, 1.54) is 6.33 Å². The number of rotatable bonds is 6. The van der Waals surface area contributed by atoms with Gasteiger partial charge in [0.05, 0.1) is 5.75 Å². The molecule has 0 fully saturated rings. The van der Waals surface area contributed by atoms with Gasteiger partial charge in [-0.3, -0.25) is 0 Å². The molecule has 0 saturated carbocycles. The zero-order valence-electron chi connectivity index (χ0n) is 8.96. The standard InChI is InChI=1S/C10H13ClN4S/c1-3-5-16-6-4-13-10-8(12-2)9(11)14-7-15-10/h1,7,12H,4-6H2,2H3,(H,13,14,15). The van der Waals surface area contributed by atoms with Crippen molar-refractivity contribution in [3.8, 4) is 12.3 Å². The van der Waals surface area contributed by atoms with Crippen LogP contribution in [-0.2, 0) is 0 Å². The highest BCUT2D eigenvalue weighted by atomic mass is 35.5. The van der Waals surface area contributed by atoms with Gasteiger partial charge < -0.3 is 10.6 Å². The smallest absolute Gasteiger partial charge is 0.157 e. The molecule has 6 heteroatoms. The van der Waals surface area contributed by atoms with Crippen LogP contribution in [0, 0.1) is 12.3 Å². The molecule has 0 spiro atoms. The monoisotopic (exact) mass is 256 g/mol. The number of aromatic nitrogens is 2. The van der Waals surface area contributed by atoms with Gasteiger partial charge in [0.1, 0.15) is 12.0 Å². The lowest BCUT2D eigenvalue weighted by Gasteiger charge is -2.10. The molecule has 0 aliphatic carbocycles. The van der Waals surface area contributed by atoms with Crippen molar-refractivity contribution in [3.05, 3.63) is 11.5 Å². The highest BCUT2D eigenvalue weighted by Crippen LogP contribution is 2.24. The van der Waals surface area contributed by atoms with E-state index < -0.39 is 0 Å². The first-order valence-electron chi connectivity index (χ1n) is 4.73. The molecular weight excluding hydrogens is 244 g/mol. The lowest BCUT2D eigenvalue weighted by atomic mass is 10.4. The van der Waals surface area contributed by atoms with Crippen molar-refractivity contribution in [2.45, 2.75) is 0 Å². The van der Waals surface area contributed by atoms with Gasteiger partial charge in [0, 0.05) is 19.3 Å². The minimum absolute atomic E-state index is 0.413. The summed E-state index contributed by atoms with van der Waals surface area (Å²) in [5.41, 5.74) is 0.714. The number of hydrogen-bond donors (Lipinski definition) is 2. The normalized spacial score (nSPS) is 9.56. The second-order valence-electron chi connectivity index (χ2n) is 2.82. The van der Waals surface area contributed by atoms with Crippen LogP contribution in [0.3, 0.4) is 0 Å². The molecule has 2 N–H and O–H groups in total. The predicted octanol–water partition coefficient (Wildman–Crippen LogP) is 1.95. The molecule has 0 aliphatic heterocycles. The molecule has 0 aromatic carbocycles. The van der Waals surface area contributed by atoms with Gasteiger partial charge in [-0.15, -0.1) is 18.2 Å². The van der Waals surface area contributed by atoms with Crippen LogP contribution in [0.2, 0.25) is 5.15 Å². The van der Waals surface area contributed by atoms with E-state index in [4.69, 9.17) is 18.0 Å². The molecule has 4 nitrogen and oxygen atoms in total. The van der Waals surface area contributed by atoms with E-state index in [0.717, 1.165) is 18.1 Å². The van der Waals surface area contributed by atoms with Gasteiger partial charge in [-0.05, 0) is 0 Å². The van der Waals surface area contributed by atoms with Gasteiger partial charge >= 0.3 is 0 Å². The van der Waals surface area contributed by atoms with Crippen LogP contribution >= 0.6 is 23.4 Å². The summed E-state index contributed by atoms with van der Waals surface area (Å²) in [6, 6.07) is 0. The van der Waals surface area contributed by atoms with Gasteiger partial charge in [-0.2, -0.15) is 0 Å². The lowest BCUT2D eigenvalue weighted by Crippen LogP contribution is -2.09. The maximum absolute atomic E-state index is 5.91. The first kappa shape index (κ1) is 12.9. The first-order chi connectivity index (χ1) is 7.79. The van der Waals surface area contributed by atoms with Crippen LogP contribution in [0.25, 0.3) is 0 Å². The average molecular weight is 257 g/mol. The Bertz CT molecular complexity index is 378. The van der Waals surface area contributed by atoms with Crippen molar-refractivity contribution in [1.29, 1.82) is 0 Å². The summed E-state index contributed by atoms with van der Waals surface area (Å²) in [5, 5.41) is 6.55. The lowest BCUT2D eigenvalue weighted by molar-refractivity contribution is 1.11. The molecule has 1 aromatic heterocycles. The SMILES string of the molecule is C#CCSCCNc1ncnc(Cl)c1NC. The Morgan fingerprint density at radius 2 is 2.38 bits per heavy atom. The fourth-order valence-electron chi connectivity index (χ4n) is 1.09. The minimum Gasteiger partial charge on any atom is -0.383 e. The molecule has 1 aromatic rings. The Balaban J connectivity index is 2.47. The summed E-state index contributed by atoms with van der Waals surface area (Å²) >= 11 is 7.60. The summed E-state index contributed by atoms with van der Waals surface area (Å²) in [6.07, 6.45) is 6.58. The third kappa shape index (κ3) is 3.80. The van der Waals surface area contributed by atoms with Crippen molar-refractivity contribution in [3.63, 3.8) is 0 Å². The van der Waals surface area contributed by atoms with Crippen LogP contribution in [0.4, 0.5) is 11.5 Å². The summed E-state index contributed by atoms with van der Waals surface area (Å²) in [4.78, 5) is 8.00. The molecular formula is C10H13ClN4S. The summed E-state index contributed by atoms with van der Waals surface area (Å²) in [5.74, 6) is 4.94. The first-order valence-corrected chi connectivity index (χ1v) is 6.26. The molecule has 0 atom stereocenters. The molecule has 0 unspecified atom stereocenters. The van der Waals surface area contributed by atoms with Crippen molar-refractivity contribution in [1.82, 2.24) is 9.97 Å². The van der Waals surface area contributed by atoms with Crippen LogP contribution in [-0.4, -0.2) is 35.1 Å². The number of terminal acetylenes is 1. The van der Waals surface area contributed by atoms with Crippen LogP contribution in [0.15, 0.2) is 6.33 Å². The van der Waals surface area contributed by atoms with Crippen molar-refractivity contribution in [2.24, 2.45) is 0 Å². The third-order valence-corrected chi connectivity index (χ3v) is 2.93. The maximum Gasteiger partial charge on any atom is 0.157 e. The second-order valence-corrected chi connectivity index (χ2v) is 4.28. The van der Waals surface area contributed by atoms with E-state index >= 15 is 0 Å². The van der Waals surface area contributed by atoms with Crippen molar-refractivity contribution < 1.29 is 0 Å². The topological polar surface area (TPSA) is 49.8 Å². The zero-order valence-corrected chi connectivity index (χ0v) is 10.5. The molecule has 0 radical (unpaired) electrons. The highest BCUT2D eigenvalue weighted by Gasteiger charge is 2.06. The van der Waals surface area contributed by atoms with Gasteiger partial charge in [-0.25, -0.2) is 9.97 Å². The predicted molar refractivity (Wildman–Crippen MR) is 71.2 cm³/mol. The second kappa shape index (κ2) is 7.20. The van der Waals surface area contributed by atoms with E-state index in [1.807, 2.05) is 0 Å². The number of hydrogen-bond acceptors (Lipinski definition) is 5. The number of anilines is 2. The Hall–Kier alpha value is -1.12. The Kier molecular flexibility index (Phi) is 5.83. The van der Waals surface area contributed by atoms with Gasteiger partial charge in [0.15, 0.2) is 11.0 Å². The van der Waals surface area contributed by atoms with E-state index in [2.05, 4.69) is 26.5 Å². The van der Waals surface area contributed by atoms with E-state index in [-0.39, 0.29) is 0 Å². The largest absolute Gasteiger partial charge is 0.383 e. The molecule has 0 aliphatic rings. The summed E-state index contributed by atoms with van der Waals surface area (Å²) in [6.45, 7) is 0.786. The van der Waals surface area contributed by atoms with Crippen LogP contribution in [0.1, 0.15) is 0 Å². The minimum atomic E-state index is 0.413. The van der Waals surface area contributed by atoms with Gasteiger partial charge in [0.2, 0.25) is 0 Å². The molecule has 0 saturated heterocycles. The van der Waals surface area contributed by atoms with E-state index in [0.29, 0.717) is 16.7 Å². The summed E-state index contributed by atoms with van der Waals surface area (Å²) in [7, 11) is 1.78. The molecule has 0 bridgehead atoms. The number of thioether (sulfide) groups is 1. The number of nitrogens with one attached hydrogen (secondary N) is 2. The fourth-order valence-corrected chi connectivity index (χ4v) is 1.83. The Labute approximate surface area is 105 Å².